The quantitative estimate of drug-likeness (QED) is 0.0212. The van der Waals surface area contributed by atoms with Crippen LogP contribution in [0.4, 0.5) is 0 Å². The minimum Gasteiger partial charge on any atom is -0.756 e. The summed E-state index contributed by atoms with van der Waals surface area (Å²) in [6.07, 6.45) is 62.7. The van der Waals surface area contributed by atoms with E-state index >= 15 is 0 Å². The number of phosphoric ester groups is 1. The minimum absolute atomic E-state index is 0.0336. The summed E-state index contributed by atoms with van der Waals surface area (Å²) in [4.78, 5) is 39.7. The summed E-state index contributed by atoms with van der Waals surface area (Å²) in [5.74, 6) is -0.597. The summed E-state index contributed by atoms with van der Waals surface area (Å²) >= 11 is 0. The third-order valence-electron chi connectivity index (χ3n) is 11.8. The number of ether oxygens (including phenoxy) is 1. The maximum absolute atomic E-state index is 13.4. The molecule has 9 nitrogen and oxygen atoms in total. The van der Waals surface area contributed by atoms with Crippen molar-refractivity contribution in [3.05, 3.63) is 85.1 Å². The Morgan fingerprint density at radius 2 is 0.928 bits per heavy atom. The van der Waals surface area contributed by atoms with Crippen LogP contribution in [-0.4, -0.2) is 69.4 Å². The predicted molar refractivity (Wildman–Crippen MR) is 293 cm³/mol. The number of allylic oxidation sites excluding steroid dienone is 13. The molecule has 0 saturated carbocycles. The highest BCUT2D eigenvalue weighted by molar-refractivity contribution is 7.45. The van der Waals surface area contributed by atoms with Crippen LogP contribution in [0, 0.1) is 0 Å². The molecular weight excluding hydrogens is 880 g/mol. The van der Waals surface area contributed by atoms with E-state index in [1.807, 2.05) is 33.3 Å². The van der Waals surface area contributed by atoms with Crippen LogP contribution < -0.4 is 10.2 Å². The van der Waals surface area contributed by atoms with Crippen molar-refractivity contribution in [1.29, 1.82) is 0 Å². The van der Waals surface area contributed by atoms with E-state index in [2.05, 4.69) is 99.0 Å². The minimum atomic E-state index is -4.70. The van der Waals surface area contributed by atoms with E-state index in [0.29, 0.717) is 17.4 Å². The molecule has 0 aliphatic carbocycles. The second-order valence-electron chi connectivity index (χ2n) is 19.7. The first-order valence-electron chi connectivity index (χ1n) is 27.9. The molecule has 3 unspecified atom stereocenters. The maximum Gasteiger partial charge on any atom is 0.306 e. The lowest BCUT2D eigenvalue weighted by Gasteiger charge is -2.30. The number of amides is 1. The van der Waals surface area contributed by atoms with Crippen molar-refractivity contribution >= 4 is 19.7 Å². The summed E-state index contributed by atoms with van der Waals surface area (Å²) in [5, 5.41) is 2.99. The van der Waals surface area contributed by atoms with Gasteiger partial charge in [-0.25, -0.2) is 0 Å². The molecule has 0 spiro atoms. The van der Waals surface area contributed by atoms with Crippen LogP contribution in [0.5, 0.6) is 0 Å². The van der Waals surface area contributed by atoms with E-state index in [4.69, 9.17) is 13.8 Å². The highest BCUT2D eigenvalue weighted by Gasteiger charge is 2.27. The molecule has 0 rings (SSSR count). The summed E-state index contributed by atoms with van der Waals surface area (Å²) in [5.41, 5.74) is 0. The monoisotopic (exact) mass is 985 g/mol. The average molecular weight is 985 g/mol. The zero-order chi connectivity index (χ0) is 50.8. The van der Waals surface area contributed by atoms with Crippen LogP contribution in [0.2, 0.25) is 0 Å². The standard InChI is InChI=1S/C59H105N2O7P/c1-7-10-13-16-19-22-25-26-27-28-29-30-31-32-33-34-37-39-42-45-48-51-58(62)60-56(55-67-69(64,65)66-54-53-61(4,5)6)57(50-47-44-41-38-35-23-20-17-14-11-8-2)68-59(63)52-49-46-43-40-36-24-21-18-15-12-9-3/h10,13,19,22,26-27,29-30,32-33,37,39,47,50,56-57H,7-9,11-12,14-18,20-21,23-25,28,31,34-36,38,40-46,48-49,51-55H2,1-6H3,(H-,60,62,64,65)/b13-10-,22-19-,27-26-,30-29-,33-32-,39-37-,50-47-. The van der Waals surface area contributed by atoms with Gasteiger partial charge in [0.25, 0.3) is 7.82 Å². The van der Waals surface area contributed by atoms with Crippen molar-refractivity contribution < 1.29 is 37.3 Å². The number of quaternary nitrogens is 1. The van der Waals surface area contributed by atoms with Gasteiger partial charge in [-0.05, 0) is 83.1 Å². The number of likely N-dealkylation sites (N-methyl/N-ethyl adjacent to an activating group) is 1. The number of carbonyl (C=O) groups is 2. The van der Waals surface area contributed by atoms with Crippen molar-refractivity contribution in [2.24, 2.45) is 0 Å². The van der Waals surface area contributed by atoms with E-state index in [-0.39, 0.29) is 31.3 Å². The molecule has 0 aromatic heterocycles. The Bertz CT molecular complexity index is 1460. The number of esters is 1. The van der Waals surface area contributed by atoms with Gasteiger partial charge >= 0.3 is 5.97 Å². The number of hydrogen-bond donors (Lipinski definition) is 1. The Hall–Kier alpha value is -2.81. The summed E-state index contributed by atoms with van der Waals surface area (Å²) in [6.45, 7) is 6.66. The summed E-state index contributed by atoms with van der Waals surface area (Å²) in [7, 11) is 1.15. The van der Waals surface area contributed by atoms with Crippen LogP contribution in [-0.2, 0) is 27.9 Å². The smallest absolute Gasteiger partial charge is 0.306 e. The van der Waals surface area contributed by atoms with Gasteiger partial charge in [-0.2, -0.15) is 0 Å². The van der Waals surface area contributed by atoms with Crippen molar-refractivity contribution in [2.45, 2.75) is 238 Å². The molecule has 0 aromatic carbocycles. The van der Waals surface area contributed by atoms with E-state index in [1.165, 1.54) is 96.3 Å². The van der Waals surface area contributed by atoms with Gasteiger partial charge in [0.05, 0.1) is 33.8 Å². The lowest BCUT2D eigenvalue weighted by atomic mass is 10.0. The second kappa shape index (κ2) is 48.8. The van der Waals surface area contributed by atoms with Crippen LogP contribution in [0.3, 0.4) is 0 Å². The molecule has 3 atom stereocenters. The van der Waals surface area contributed by atoms with Crippen molar-refractivity contribution in [1.82, 2.24) is 5.32 Å². The molecule has 0 radical (unpaired) electrons. The molecule has 0 bridgehead atoms. The fourth-order valence-corrected chi connectivity index (χ4v) is 8.25. The van der Waals surface area contributed by atoms with Crippen molar-refractivity contribution in [2.75, 3.05) is 40.9 Å². The van der Waals surface area contributed by atoms with Crippen molar-refractivity contribution in [3.8, 4) is 0 Å². The van der Waals surface area contributed by atoms with Crippen molar-refractivity contribution in [3.63, 3.8) is 0 Å². The molecule has 0 saturated heterocycles. The molecule has 1 N–H and O–H groups in total. The van der Waals surface area contributed by atoms with Gasteiger partial charge in [-0.1, -0.05) is 215 Å². The van der Waals surface area contributed by atoms with Gasteiger partial charge in [0.2, 0.25) is 5.91 Å². The Labute approximate surface area is 425 Å². The molecule has 0 aromatic rings. The highest BCUT2D eigenvalue weighted by Crippen LogP contribution is 2.38. The maximum atomic E-state index is 13.4. The Kier molecular flexibility index (Phi) is 46.8. The molecule has 10 heteroatoms. The molecule has 0 aliphatic heterocycles. The molecule has 0 aliphatic rings. The van der Waals surface area contributed by atoms with E-state index in [0.717, 1.165) is 89.9 Å². The van der Waals surface area contributed by atoms with E-state index < -0.39 is 26.6 Å². The first kappa shape index (κ1) is 66.2. The first-order chi connectivity index (χ1) is 33.4. The van der Waals surface area contributed by atoms with Crippen LogP contribution in [0.15, 0.2) is 85.1 Å². The zero-order valence-corrected chi connectivity index (χ0v) is 46.1. The molecular formula is C59H105N2O7P. The van der Waals surface area contributed by atoms with Gasteiger partial charge in [0, 0.05) is 12.8 Å². The number of phosphoric acid groups is 1. The van der Waals surface area contributed by atoms with Gasteiger partial charge in [0.1, 0.15) is 19.3 Å². The predicted octanol–water partition coefficient (Wildman–Crippen LogP) is 16.0. The Balaban J connectivity index is 5.37. The van der Waals surface area contributed by atoms with E-state index in [9.17, 15) is 19.0 Å². The summed E-state index contributed by atoms with van der Waals surface area (Å²) < 4.78 is 30.1. The topological polar surface area (TPSA) is 114 Å². The number of rotatable bonds is 49. The second-order valence-corrected chi connectivity index (χ2v) is 21.1. The number of hydrogen-bond acceptors (Lipinski definition) is 7. The Morgan fingerprint density at radius 3 is 1.41 bits per heavy atom. The molecule has 1 amide bonds. The highest BCUT2D eigenvalue weighted by atomic mass is 31.2. The van der Waals surface area contributed by atoms with Crippen LogP contribution >= 0.6 is 7.82 Å². The number of unbranched alkanes of at least 4 members (excludes halogenated alkanes) is 21. The third kappa shape index (κ3) is 49.9. The van der Waals surface area contributed by atoms with Crippen LogP contribution in [0.25, 0.3) is 0 Å². The fourth-order valence-electron chi connectivity index (χ4n) is 7.52. The van der Waals surface area contributed by atoms with Gasteiger partial charge in [0.15, 0.2) is 0 Å². The molecule has 69 heavy (non-hydrogen) atoms. The third-order valence-corrected chi connectivity index (χ3v) is 12.8. The molecule has 0 fully saturated rings. The fraction of sp³-hybridized carbons (Fsp3) is 0.729. The van der Waals surface area contributed by atoms with Gasteiger partial charge in [-0.3, -0.25) is 14.2 Å². The molecule has 0 heterocycles. The number of nitrogens with zero attached hydrogens (tertiary/aromatic N) is 1. The van der Waals surface area contributed by atoms with Gasteiger partial charge < -0.3 is 28.5 Å². The average Bonchev–Trinajstić information content (AvgIpc) is 3.31. The number of carbonyl (C=O) groups excluding carboxylic acids is 2. The largest absolute Gasteiger partial charge is 0.756 e. The normalized spacial score (nSPS) is 14.5. The SMILES string of the molecule is CC/C=C\C/C=C\C/C=C\C/C=C\C/C=C\C/C=C\CCCCC(=O)NC(COP(=O)([O-])OCC[N+](C)(C)C)C(/C=C\CCCCCCCCCCC)OC(=O)CCCCCCCCCCCCC. The Morgan fingerprint density at radius 1 is 0.522 bits per heavy atom. The van der Waals surface area contributed by atoms with Crippen LogP contribution in [0.1, 0.15) is 226 Å². The zero-order valence-electron chi connectivity index (χ0n) is 45.2. The lowest BCUT2D eigenvalue weighted by Crippen LogP contribution is -2.47. The lowest BCUT2D eigenvalue weighted by molar-refractivity contribution is -0.870. The van der Waals surface area contributed by atoms with Gasteiger partial charge in [-0.15, -0.1) is 0 Å². The number of nitrogens with one attached hydrogen (secondary N) is 1. The first-order valence-corrected chi connectivity index (χ1v) is 29.4. The van der Waals surface area contributed by atoms with E-state index in [1.54, 1.807) is 0 Å². The summed E-state index contributed by atoms with van der Waals surface area (Å²) in [6, 6.07) is -0.911. The molecule has 398 valence electrons.